The van der Waals surface area contributed by atoms with Crippen LogP contribution in [0.1, 0.15) is 90.3 Å². The molecule has 0 heterocycles. The molecule has 0 atom stereocenters. The van der Waals surface area contributed by atoms with E-state index in [4.69, 9.17) is 10.9 Å². The van der Waals surface area contributed by atoms with Gasteiger partial charge >= 0.3 is 0 Å². The van der Waals surface area contributed by atoms with Gasteiger partial charge < -0.3 is 11.1 Å². The molecule has 0 unspecified atom stereocenters. The molecular weight excluding hydrogens is 393 g/mol. The van der Waals surface area contributed by atoms with Gasteiger partial charge in [-0.05, 0) is 53.9 Å². The molecule has 1 aliphatic carbocycles. The highest BCUT2D eigenvalue weighted by atomic mass is 32.2. The lowest BCUT2D eigenvalue weighted by molar-refractivity contribution is 0.514. The Labute approximate surface area is 187 Å². The lowest BCUT2D eigenvalue weighted by Gasteiger charge is -2.22. The third-order valence-corrected chi connectivity index (χ3v) is 5.73. The van der Waals surface area contributed by atoms with E-state index in [0.29, 0.717) is 22.9 Å². The minimum absolute atomic E-state index is 0.0873. The summed E-state index contributed by atoms with van der Waals surface area (Å²) in [6.07, 6.45) is 3.29. The van der Waals surface area contributed by atoms with E-state index >= 15 is 0 Å². The van der Waals surface area contributed by atoms with Crippen LogP contribution in [0, 0.1) is 18.2 Å². The molecule has 0 spiro atoms. The number of nitrogens with one attached hydrogen (secondary N) is 1. The second kappa shape index (κ2) is 10.5. The highest BCUT2D eigenvalue weighted by Gasteiger charge is 2.23. The molecule has 0 bridgehead atoms. The van der Waals surface area contributed by atoms with Crippen LogP contribution in [0.4, 0.5) is 10.1 Å². The average Bonchev–Trinajstić information content (AvgIpc) is 2.99. The van der Waals surface area contributed by atoms with E-state index in [0.717, 1.165) is 17.7 Å². The van der Waals surface area contributed by atoms with Gasteiger partial charge in [-0.15, -0.1) is 0 Å². The van der Waals surface area contributed by atoms with Gasteiger partial charge in [0.2, 0.25) is 0 Å². The molecule has 5 N–H and O–H groups in total. The van der Waals surface area contributed by atoms with Crippen LogP contribution in [0.2, 0.25) is 0 Å². The van der Waals surface area contributed by atoms with Gasteiger partial charge in [0.25, 0.3) is 0 Å². The Bertz CT molecular complexity index is 843. The van der Waals surface area contributed by atoms with E-state index < -0.39 is 0 Å². The molecule has 1 aromatic rings. The third kappa shape index (κ3) is 6.64. The maximum absolute atomic E-state index is 14.3. The molecule has 30 heavy (non-hydrogen) atoms. The molecule has 1 aliphatic rings. The second-order valence-electron chi connectivity index (χ2n) is 9.69. The van der Waals surface area contributed by atoms with Gasteiger partial charge in [0.05, 0.1) is 5.82 Å². The standard InChI is InChI=1S/C15H23FN2.C10H17NS/c1-8(2)12-7-10(5)14(16)13(9(3)4)15(12)18-11(6)17;1-7-5-8(12-11)6-9(7)10(2,3)4/h7-9,18H,6,17H2,1-5H3;6H,5,11H2,1-4H3. The van der Waals surface area contributed by atoms with Gasteiger partial charge in [-0.3, -0.25) is 5.14 Å². The number of hydrogen-bond donors (Lipinski definition) is 3. The maximum Gasteiger partial charge on any atom is 0.131 e. The quantitative estimate of drug-likeness (QED) is 0.421. The number of allylic oxidation sites excluding steroid dienone is 4. The summed E-state index contributed by atoms with van der Waals surface area (Å²) < 4.78 is 14.3. The zero-order valence-corrected chi connectivity index (χ0v) is 21.0. The van der Waals surface area contributed by atoms with Crippen LogP contribution in [-0.2, 0) is 0 Å². The number of benzene rings is 1. The monoisotopic (exact) mass is 433 g/mol. The maximum atomic E-state index is 14.3. The van der Waals surface area contributed by atoms with Crippen molar-refractivity contribution in [2.24, 2.45) is 16.3 Å². The summed E-state index contributed by atoms with van der Waals surface area (Å²) in [6.45, 7) is 22.5. The van der Waals surface area contributed by atoms with Crippen LogP contribution in [0.3, 0.4) is 0 Å². The number of hydrogen-bond acceptors (Lipinski definition) is 4. The number of anilines is 1. The first-order chi connectivity index (χ1) is 13.7. The van der Waals surface area contributed by atoms with Gasteiger partial charge in [-0.25, -0.2) is 4.39 Å². The van der Waals surface area contributed by atoms with Crippen molar-refractivity contribution >= 4 is 17.6 Å². The van der Waals surface area contributed by atoms with Crippen molar-refractivity contribution in [3.63, 3.8) is 0 Å². The third-order valence-electron chi connectivity index (χ3n) is 5.16. The number of rotatable bonds is 5. The number of halogens is 1. The summed E-state index contributed by atoms with van der Waals surface area (Å²) in [5.41, 5.74) is 12.0. The summed E-state index contributed by atoms with van der Waals surface area (Å²) in [6, 6.07) is 1.89. The average molecular weight is 434 g/mol. The Morgan fingerprint density at radius 1 is 1.17 bits per heavy atom. The first-order valence-corrected chi connectivity index (χ1v) is 11.4. The Morgan fingerprint density at radius 2 is 1.73 bits per heavy atom. The molecule has 0 aromatic heterocycles. The Kier molecular flexibility index (Phi) is 9.25. The van der Waals surface area contributed by atoms with Crippen LogP contribution in [0.15, 0.2) is 40.6 Å². The smallest absolute Gasteiger partial charge is 0.131 e. The summed E-state index contributed by atoms with van der Waals surface area (Å²) in [7, 11) is 0. The van der Waals surface area contributed by atoms with Crippen LogP contribution in [0.5, 0.6) is 0 Å². The zero-order valence-electron chi connectivity index (χ0n) is 20.2. The van der Waals surface area contributed by atoms with Crippen molar-refractivity contribution in [2.45, 2.75) is 80.6 Å². The molecule has 0 aliphatic heterocycles. The van der Waals surface area contributed by atoms with Crippen molar-refractivity contribution in [2.75, 3.05) is 5.32 Å². The molecule has 0 saturated carbocycles. The van der Waals surface area contributed by atoms with Crippen LogP contribution < -0.4 is 16.2 Å². The van der Waals surface area contributed by atoms with Crippen molar-refractivity contribution in [1.29, 1.82) is 0 Å². The topological polar surface area (TPSA) is 64.1 Å². The molecule has 2 rings (SSSR count). The largest absolute Gasteiger partial charge is 0.386 e. The Morgan fingerprint density at radius 3 is 2.07 bits per heavy atom. The second-order valence-corrected chi connectivity index (χ2v) is 10.5. The summed E-state index contributed by atoms with van der Waals surface area (Å²) in [5, 5.41) is 8.54. The van der Waals surface area contributed by atoms with Crippen molar-refractivity contribution < 1.29 is 4.39 Å². The molecule has 0 amide bonds. The predicted octanol–water partition coefficient (Wildman–Crippen LogP) is 7.47. The lowest BCUT2D eigenvalue weighted by Crippen LogP contribution is -2.14. The minimum Gasteiger partial charge on any atom is -0.386 e. The van der Waals surface area contributed by atoms with E-state index in [9.17, 15) is 4.39 Å². The predicted molar refractivity (Wildman–Crippen MR) is 133 cm³/mol. The van der Waals surface area contributed by atoms with Crippen molar-refractivity contribution in [1.82, 2.24) is 0 Å². The highest BCUT2D eigenvalue weighted by molar-refractivity contribution is 8.00. The number of aryl methyl sites for hydroxylation is 1. The summed E-state index contributed by atoms with van der Waals surface area (Å²) >= 11 is 1.38. The summed E-state index contributed by atoms with van der Waals surface area (Å²) in [5.74, 6) is 0.563. The molecule has 0 fully saturated rings. The van der Waals surface area contributed by atoms with Crippen molar-refractivity contribution in [3.05, 3.63) is 63.1 Å². The van der Waals surface area contributed by atoms with E-state index in [-0.39, 0.29) is 17.2 Å². The fourth-order valence-corrected chi connectivity index (χ4v) is 4.25. The fraction of sp³-hybridized carbons (Fsp3) is 0.520. The summed E-state index contributed by atoms with van der Waals surface area (Å²) in [4.78, 5) is 1.29. The van der Waals surface area contributed by atoms with Crippen molar-refractivity contribution in [3.8, 4) is 0 Å². The number of nitrogens with two attached hydrogens (primary N) is 2. The highest BCUT2D eigenvalue weighted by Crippen LogP contribution is 2.39. The van der Waals surface area contributed by atoms with Gasteiger partial charge in [-0.2, -0.15) is 0 Å². The molecular formula is C25H40FN3S. The fourth-order valence-electron chi connectivity index (χ4n) is 3.77. The molecule has 168 valence electrons. The molecule has 0 radical (unpaired) electrons. The molecule has 3 nitrogen and oxygen atoms in total. The van der Waals surface area contributed by atoms with Crippen LogP contribution >= 0.6 is 11.9 Å². The Balaban J connectivity index is 0.000000325. The van der Waals surface area contributed by atoms with Crippen LogP contribution in [-0.4, -0.2) is 0 Å². The normalized spacial score (nSPS) is 14.1. The van der Waals surface area contributed by atoms with E-state index in [1.54, 1.807) is 6.92 Å². The van der Waals surface area contributed by atoms with Gasteiger partial charge in [-0.1, -0.05) is 78.6 Å². The first-order valence-electron chi connectivity index (χ1n) is 10.5. The van der Waals surface area contributed by atoms with Crippen LogP contribution in [0.25, 0.3) is 0 Å². The van der Waals surface area contributed by atoms with E-state index in [1.165, 1.54) is 28.0 Å². The zero-order chi connectivity index (χ0) is 23.4. The molecule has 5 heteroatoms. The van der Waals surface area contributed by atoms with Gasteiger partial charge in [0.15, 0.2) is 0 Å². The van der Waals surface area contributed by atoms with E-state index in [2.05, 4.69) is 59.5 Å². The minimum atomic E-state index is -0.154. The lowest BCUT2D eigenvalue weighted by atomic mass is 9.85. The Hall–Kier alpha value is -1.72. The van der Waals surface area contributed by atoms with Gasteiger partial charge in [0.1, 0.15) is 5.82 Å². The SMILES string of the molecule is C=C(N)Nc1c(C(C)C)cc(C)c(F)c1C(C)C.CC1=C(C(C)(C)C)C=C(SN)C1. The molecule has 1 aromatic carbocycles. The molecule has 0 saturated heterocycles. The first kappa shape index (κ1) is 26.3. The van der Waals surface area contributed by atoms with Gasteiger partial charge in [0, 0.05) is 22.6 Å². The van der Waals surface area contributed by atoms with E-state index in [1.807, 2.05) is 19.9 Å².